The van der Waals surface area contributed by atoms with Gasteiger partial charge in [-0.2, -0.15) is 0 Å². The lowest BCUT2D eigenvalue weighted by Gasteiger charge is -2.35. The first-order valence-electron chi connectivity index (χ1n) is 7.10. The summed E-state index contributed by atoms with van der Waals surface area (Å²) in [5.41, 5.74) is -3.11. The highest BCUT2D eigenvalue weighted by atomic mass is 16.6. The van der Waals surface area contributed by atoms with E-state index in [2.05, 4.69) is 10.3 Å². The number of ether oxygens (including phenoxy) is 2. The minimum atomic E-state index is -1.65. The molecular weight excluding hydrogens is 326 g/mol. The van der Waals surface area contributed by atoms with Crippen LogP contribution in [0.15, 0.2) is 21.9 Å². The maximum Gasteiger partial charge on any atom is 0.330 e. The fourth-order valence-electron chi connectivity index (χ4n) is 2.81. The highest BCUT2D eigenvalue weighted by molar-refractivity contribution is 5.69. The first-order chi connectivity index (χ1) is 11.4. The molecule has 11 nitrogen and oxygen atoms in total. The fourth-order valence-corrected chi connectivity index (χ4v) is 2.81. The van der Waals surface area contributed by atoms with E-state index in [9.17, 15) is 24.6 Å². The molecular formula is C13H19N3O8. The van der Waals surface area contributed by atoms with E-state index in [1.165, 1.54) is 7.11 Å². The van der Waals surface area contributed by atoms with Crippen LogP contribution in [0.5, 0.6) is 0 Å². The summed E-state index contributed by atoms with van der Waals surface area (Å²) in [5, 5.41) is 31.0. The van der Waals surface area contributed by atoms with E-state index in [-0.39, 0.29) is 6.54 Å². The van der Waals surface area contributed by atoms with Crippen LogP contribution < -0.4 is 16.6 Å². The lowest BCUT2D eigenvalue weighted by atomic mass is 10.0. The Balaban J connectivity index is 2.50. The molecule has 5 N–H and O–H groups in total. The molecule has 0 aliphatic carbocycles. The zero-order valence-corrected chi connectivity index (χ0v) is 12.8. The minimum Gasteiger partial charge on any atom is -0.480 e. The summed E-state index contributed by atoms with van der Waals surface area (Å²) in [7, 11) is 1.28. The molecule has 0 bridgehead atoms. The summed E-state index contributed by atoms with van der Waals surface area (Å²) < 4.78 is 11.9. The van der Waals surface area contributed by atoms with Crippen LogP contribution in [0.2, 0.25) is 0 Å². The van der Waals surface area contributed by atoms with Crippen molar-refractivity contribution < 1.29 is 29.6 Å². The van der Waals surface area contributed by atoms with Crippen LogP contribution in [0.4, 0.5) is 0 Å². The van der Waals surface area contributed by atoms with Crippen LogP contribution in [0.1, 0.15) is 0 Å². The van der Waals surface area contributed by atoms with Gasteiger partial charge >= 0.3 is 11.7 Å². The molecule has 1 aliphatic rings. The van der Waals surface area contributed by atoms with Crippen LogP contribution in [-0.2, 0) is 20.0 Å². The standard InChI is InChI=1S/C13H19N3O8/c1-23-11-10(21)7(5-17)24-13(11,6-14-4-9(19)20)16-3-2-8(18)15-12(16)22/h2-3,7,10-11,14,17,21H,4-6H2,1H3,(H,19,20)(H,15,18,22)/t7-,10-,11-,13-/m1/s1. The summed E-state index contributed by atoms with van der Waals surface area (Å²) in [6, 6.07) is 1.08. The maximum absolute atomic E-state index is 12.2. The van der Waals surface area contributed by atoms with Crippen molar-refractivity contribution in [3.8, 4) is 0 Å². The Morgan fingerprint density at radius 2 is 2.25 bits per heavy atom. The van der Waals surface area contributed by atoms with Crippen molar-refractivity contribution in [2.24, 2.45) is 0 Å². The monoisotopic (exact) mass is 345 g/mol. The molecule has 0 amide bonds. The number of aliphatic carboxylic acids is 1. The van der Waals surface area contributed by atoms with Gasteiger partial charge in [-0.25, -0.2) is 4.79 Å². The number of hydrogen-bond donors (Lipinski definition) is 5. The molecule has 1 fully saturated rings. The summed E-state index contributed by atoms with van der Waals surface area (Å²) in [6.07, 6.45) is -2.27. The van der Waals surface area contributed by atoms with Gasteiger partial charge in [-0.3, -0.25) is 19.1 Å². The first-order valence-corrected chi connectivity index (χ1v) is 7.10. The number of aliphatic hydroxyl groups excluding tert-OH is 2. The largest absolute Gasteiger partial charge is 0.480 e. The van der Waals surface area contributed by atoms with Crippen LogP contribution in [0, 0.1) is 0 Å². The molecule has 1 aromatic heterocycles. The second kappa shape index (κ2) is 7.23. The van der Waals surface area contributed by atoms with Crippen molar-refractivity contribution in [3.63, 3.8) is 0 Å². The predicted molar refractivity (Wildman–Crippen MR) is 78.6 cm³/mol. The fraction of sp³-hybridized carbons (Fsp3) is 0.615. The highest BCUT2D eigenvalue weighted by Crippen LogP contribution is 2.36. The Labute approximate surface area is 135 Å². The molecule has 0 aromatic carbocycles. The number of nitrogens with zero attached hydrogens (tertiary/aromatic N) is 1. The molecule has 4 atom stereocenters. The van der Waals surface area contributed by atoms with Crippen molar-refractivity contribution in [2.75, 3.05) is 26.8 Å². The molecule has 11 heteroatoms. The topological polar surface area (TPSA) is 163 Å². The van der Waals surface area contributed by atoms with Crippen LogP contribution in [0.25, 0.3) is 0 Å². The van der Waals surface area contributed by atoms with Crippen LogP contribution in [-0.4, -0.2) is 76.0 Å². The van der Waals surface area contributed by atoms with Gasteiger partial charge in [0, 0.05) is 25.9 Å². The zero-order valence-electron chi connectivity index (χ0n) is 12.8. The molecule has 2 heterocycles. The normalized spacial score (nSPS) is 29.7. The number of aromatic nitrogens is 2. The molecule has 1 aromatic rings. The maximum atomic E-state index is 12.2. The molecule has 1 saturated heterocycles. The van der Waals surface area contributed by atoms with E-state index < -0.39 is 54.4 Å². The summed E-state index contributed by atoms with van der Waals surface area (Å²) in [5.74, 6) is -1.13. The number of nitrogens with one attached hydrogen (secondary N) is 2. The summed E-state index contributed by atoms with van der Waals surface area (Å²) >= 11 is 0. The SMILES string of the molecule is CO[C@@H]1[C@H](O)[C@@H](CO)O[C@@]1(CNCC(=O)O)n1ccc(=O)[nH]c1=O. The molecule has 1 aliphatic heterocycles. The third-order valence-electron chi connectivity index (χ3n) is 3.81. The molecule has 24 heavy (non-hydrogen) atoms. The first kappa shape index (κ1) is 18.3. The molecule has 0 unspecified atom stereocenters. The Morgan fingerprint density at radius 1 is 1.54 bits per heavy atom. The number of rotatable bonds is 7. The van der Waals surface area contributed by atoms with Crippen LogP contribution >= 0.6 is 0 Å². The van der Waals surface area contributed by atoms with Gasteiger partial charge in [-0.05, 0) is 0 Å². The molecule has 134 valence electrons. The van der Waals surface area contributed by atoms with Gasteiger partial charge in [0.1, 0.15) is 18.3 Å². The quantitative estimate of drug-likeness (QED) is 0.339. The number of carbonyl (C=O) groups is 1. The Kier molecular flexibility index (Phi) is 5.51. The Hall–Kier alpha value is -2.05. The number of carboxylic acid groups (broad SMARTS) is 1. The van der Waals surface area contributed by atoms with Crippen molar-refractivity contribution in [1.29, 1.82) is 0 Å². The van der Waals surface area contributed by atoms with Gasteiger partial charge in [0.25, 0.3) is 5.56 Å². The number of hydrogen-bond acceptors (Lipinski definition) is 8. The highest BCUT2D eigenvalue weighted by Gasteiger charge is 2.56. The lowest BCUT2D eigenvalue weighted by Crippen LogP contribution is -2.57. The third kappa shape index (κ3) is 3.25. The van der Waals surface area contributed by atoms with Gasteiger partial charge in [0.2, 0.25) is 0 Å². The summed E-state index contributed by atoms with van der Waals surface area (Å²) in [4.78, 5) is 36.2. The van der Waals surface area contributed by atoms with Crippen molar-refractivity contribution in [3.05, 3.63) is 33.1 Å². The average Bonchev–Trinajstić information content (AvgIpc) is 2.79. The van der Waals surface area contributed by atoms with Gasteiger partial charge in [-0.15, -0.1) is 0 Å². The molecule has 0 radical (unpaired) electrons. The average molecular weight is 345 g/mol. The number of methoxy groups -OCH3 is 1. The zero-order chi connectivity index (χ0) is 17.9. The van der Waals surface area contributed by atoms with Crippen LogP contribution in [0.3, 0.4) is 0 Å². The molecule has 0 saturated carbocycles. The number of aliphatic hydroxyl groups is 2. The Morgan fingerprint density at radius 3 is 2.79 bits per heavy atom. The van der Waals surface area contributed by atoms with E-state index in [1.807, 2.05) is 0 Å². The smallest absolute Gasteiger partial charge is 0.330 e. The molecule has 0 spiro atoms. The van der Waals surface area contributed by atoms with E-state index in [0.29, 0.717) is 0 Å². The number of aromatic amines is 1. The third-order valence-corrected chi connectivity index (χ3v) is 3.81. The predicted octanol–water partition coefficient (Wildman–Crippen LogP) is -3.37. The minimum absolute atomic E-state index is 0.225. The number of H-pyrrole nitrogens is 1. The van der Waals surface area contributed by atoms with Crippen molar-refractivity contribution >= 4 is 5.97 Å². The lowest BCUT2D eigenvalue weighted by molar-refractivity contribution is -0.156. The van der Waals surface area contributed by atoms with E-state index in [1.54, 1.807) is 0 Å². The van der Waals surface area contributed by atoms with E-state index >= 15 is 0 Å². The second-order valence-corrected chi connectivity index (χ2v) is 5.31. The second-order valence-electron chi connectivity index (χ2n) is 5.31. The number of carboxylic acids is 1. The van der Waals surface area contributed by atoms with E-state index in [0.717, 1.165) is 16.8 Å². The van der Waals surface area contributed by atoms with Gasteiger partial charge in [-0.1, -0.05) is 0 Å². The van der Waals surface area contributed by atoms with Crippen molar-refractivity contribution in [2.45, 2.75) is 24.0 Å². The Bertz CT molecular complexity index is 701. The van der Waals surface area contributed by atoms with Gasteiger partial charge in [0.05, 0.1) is 13.2 Å². The van der Waals surface area contributed by atoms with E-state index in [4.69, 9.17) is 14.6 Å². The summed E-state index contributed by atoms with van der Waals surface area (Å²) in [6.45, 7) is -1.20. The van der Waals surface area contributed by atoms with Crippen molar-refractivity contribution in [1.82, 2.24) is 14.9 Å². The van der Waals surface area contributed by atoms with Gasteiger partial charge in [0.15, 0.2) is 5.72 Å². The molecule has 2 rings (SSSR count). The van der Waals surface area contributed by atoms with Gasteiger partial charge < -0.3 is 30.1 Å².